The standard InChI is InChI=1S/C12H21N5O2S/c1-4-5-6-10-14-11(20-8-7-13-9-18)17(15-10)12(19)16(2)3/h9H,4-8H2,1-3H3,(H,13,18). The molecule has 1 heterocycles. The van der Waals surface area contributed by atoms with Crippen LogP contribution in [0.3, 0.4) is 0 Å². The molecule has 7 nitrogen and oxygen atoms in total. The number of aromatic nitrogens is 3. The van der Waals surface area contributed by atoms with E-state index in [0.717, 1.165) is 19.3 Å². The number of thioether (sulfide) groups is 1. The molecule has 112 valence electrons. The van der Waals surface area contributed by atoms with Gasteiger partial charge in [-0.25, -0.2) is 9.78 Å². The zero-order chi connectivity index (χ0) is 15.0. The molecule has 0 spiro atoms. The van der Waals surface area contributed by atoms with Crippen LogP contribution in [0.5, 0.6) is 0 Å². The van der Waals surface area contributed by atoms with Crippen molar-refractivity contribution in [2.75, 3.05) is 26.4 Å². The molecule has 0 atom stereocenters. The fourth-order valence-electron chi connectivity index (χ4n) is 1.45. The van der Waals surface area contributed by atoms with Crippen molar-refractivity contribution in [3.8, 4) is 0 Å². The predicted octanol–water partition coefficient (Wildman–Crippen LogP) is 0.988. The molecule has 1 N–H and O–H groups in total. The lowest BCUT2D eigenvalue weighted by molar-refractivity contribution is -0.109. The van der Waals surface area contributed by atoms with Crippen LogP contribution in [-0.4, -0.2) is 58.5 Å². The van der Waals surface area contributed by atoms with Gasteiger partial charge in [-0.3, -0.25) is 4.79 Å². The molecule has 0 radical (unpaired) electrons. The molecule has 2 amide bonds. The minimum Gasteiger partial charge on any atom is -0.358 e. The number of unbranched alkanes of at least 4 members (excludes halogenated alkanes) is 1. The van der Waals surface area contributed by atoms with Gasteiger partial charge in [0.1, 0.15) is 0 Å². The number of nitrogens with one attached hydrogen (secondary N) is 1. The predicted molar refractivity (Wildman–Crippen MR) is 77.9 cm³/mol. The monoisotopic (exact) mass is 299 g/mol. The van der Waals surface area contributed by atoms with Crippen molar-refractivity contribution in [3.63, 3.8) is 0 Å². The van der Waals surface area contributed by atoms with Crippen molar-refractivity contribution in [2.24, 2.45) is 0 Å². The summed E-state index contributed by atoms with van der Waals surface area (Å²) in [6, 6.07) is -0.217. The molecule has 8 heteroatoms. The van der Waals surface area contributed by atoms with E-state index in [1.54, 1.807) is 14.1 Å². The number of rotatable bonds is 8. The Labute approximate surface area is 123 Å². The van der Waals surface area contributed by atoms with Gasteiger partial charge in [-0.15, -0.1) is 5.10 Å². The average Bonchev–Trinajstić information content (AvgIpc) is 2.83. The van der Waals surface area contributed by atoms with E-state index in [1.807, 2.05) is 0 Å². The van der Waals surface area contributed by atoms with Crippen LogP contribution < -0.4 is 5.32 Å². The summed E-state index contributed by atoms with van der Waals surface area (Å²) in [7, 11) is 3.36. The SMILES string of the molecule is CCCCc1nc(SCCNC=O)n(C(=O)N(C)C)n1. The van der Waals surface area contributed by atoms with Crippen LogP contribution in [0.1, 0.15) is 25.6 Å². The van der Waals surface area contributed by atoms with E-state index in [0.29, 0.717) is 29.7 Å². The zero-order valence-corrected chi connectivity index (χ0v) is 12.9. The maximum Gasteiger partial charge on any atom is 0.346 e. The summed E-state index contributed by atoms with van der Waals surface area (Å²) in [5.74, 6) is 1.33. The Hall–Kier alpha value is -1.57. The molecule has 0 aliphatic rings. The number of hydrogen-bond acceptors (Lipinski definition) is 5. The number of aryl methyl sites for hydroxylation is 1. The molecule has 0 fully saturated rings. The van der Waals surface area contributed by atoms with E-state index in [-0.39, 0.29) is 6.03 Å². The number of carbonyl (C=O) groups is 2. The quantitative estimate of drug-likeness (QED) is 0.440. The summed E-state index contributed by atoms with van der Waals surface area (Å²) in [6.07, 6.45) is 3.48. The van der Waals surface area contributed by atoms with Gasteiger partial charge in [0.15, 0.2) is 11.0 Å². The van der Waals surface area contributed by atoms with Crippen molar-refractivity contribution in [1.29, 1.82) is 0 Å². The largest absolute Gasteiger partial charge is 0.358 e. The minimum atomic E-state index is -0.217. The Morgan fingerprint density at radius 1 is 1.50 bits per heavy atom. The molecule has 1 rings (SSSR count). The third kappa shape index (κ3) is 4.84. The Bertz CT molecular complexity index is 447. The first-order valence-electron chi connectivity index (χ1n) is 6.57. The topological polar surface area (TPSA) is 80.1 Å². The fraction of sp³-hybridized carbons (Fsp3) is 0.667. The van der Waals surface area contributed by atoms with E-state index in [9.17, 15) is 9.59 Å². The van der Waals surface area contributed by atoms with Gasteiger partial charge in [-0.2, -0.15) is 4.68 Å². The Morgan fingerprint density at radius 2 is 2.25 bits per heavy atom. The van der Waals surface area contributed by atoms with Gasteiger partial charge in [0.25, 0.3) is 0 Å². The van der Waals surface area contributed by atoms with Crippen molar-refractivity contribution in [2.45, 2.75) is 31.3 Å². The summed E-state index contributed by atoms with van der Waals surface area (Å²) < 4.78 is 1.33. The second-order valence-corrected chi connectivity index (χ2v) is 5.49. The highest BCUT2D eigenvalue weighted by atomic mass is 32.2. The molecule has 20 heavy (non-hydrogen) atoms. The molecule has 1 aromatic heterocycles. The van der Waals surface area contributed by atoms with Gasteiger partial charge in [-0.05, 0) is 6.42 Å². The highest BCUT2D eigenvalue weighted by Crippen LogP contribution is 2.16. The highest BCUT2D eigenvalue weighted by Gasteiger charge is 2.17. The average molecular weight is 299 g/mol. The first-order chi connectivity index (χ1) is 9.60. The van der Waals surface area contributed by atoms with Gasteiger partial charge in [0.2, 0.25) is 6.41 Å². The van der Waals surface area contributed by atoms with E-state index >= 15 is 0 Å². The molecular weight excluding hydrogens is 278 g/mol. The summed E-state index contributed by atoms with van der Waals surface area (Å²) >= 11 is 1.41. The summed E-state index contributed by atoms with van der Waals surface area (Å²) in [5.41, 5.74) is 0. The Balaban J connectivity index is 2.79. The second kappa shape index (κ2) is 8.57. The van der Waals surface area contributed by atoms with Gasteiger partial charge in [0, 0.05) is 32.8 Å². The van der Waals surface area contributed by atoms with Gasteiger partial charge in [0.05, 0.1) is 0 Å². The maximum atomic E-state index is 12.0. The van der Waals surface area contributed by atoms with Crippen LogP contribution in [0.2, 0.25) is 0 Å². The van der Waals surface area contributed by atoms with Crippen molar-refractivity contribution in [3.05, 3.63) is 5.82 Å². The highest BCUT2D eigenvalue weighted by molar-refractivity contribution is 7.99. The van der Waals surface area contributed by atoms with Crippen LogP contribution in [0.15, 0.2) is 5.16 Å². The molecular formula is C12H21N5O2S. The van der Waals surface area contributed by atoms with E-state index in [4.69, 9.17) is 0 Å². The third-order valence-electron chi connectivity index (χ3n) is 2.50. The summed E-state index contributed by atoms with van der Waals surface area (Å²) in [6.45, 7) is 2.63. The Kier molecular flexibility index (Phi) is 7.06. The van der Waals surface area contributed by atoms with Crippen LogP contribution >= 0.6 is 11.8 Å². The van der Waals surface area contributed by atoms with Crippen LogP contribution in [0.25, 0.3) is 0 Å². The number of nitrogens with zero attached hydrogens (tertiary/aromatic N) is 4. The summed E-state index contributed by atoms with van der Waals surface area (Å²) in [5, 5.41) is 7.42. The van der Waals surface area contributed by atoms with Gasteiger partial charge >= 0.3 is 6.03 Å². The second-order valence-electron chi connectivity index (χ2n) is 4.42. The van der Waals surface area contributed by atoms with E-state index < -0.39 is 0 Å². The molecule has 0 aliphatic heterocycles. The lowest BCUT2D eigenvalue weighted by Crippen LogP contribution is -2.29. The maximum absolute atomic E-state index is 12.0. The van der Waals surface area contributed by atoms with E-state index in [2.05, 4.69) is 22.3 Å². The smallest absolute Gasteiger partial charge is 0.346 e. The first-order valence-corrected chi connectivity index (χ1v) is 7.56. The molecule has 0 aliphatic carbocycles. The normalized spacial score (nSPS) is 10.3. The van der Waals surface area contributed by atoms with Crippen molar-refractivity contribution in [1.82, 2.24) is 25.0 Å². The molecule has 1 aromatic rings. The fourth-order valence-corrected chi connectivity index (χ4v) is 2.26. The van der Waals surface area contributed by atoms with Crippen LogP contribution in [0, 0.1) is 0 Å². The molecule has 0 saturated heterocycles. The molecule has 0 aromatic carbocycles. The lowest BCUT2D eigenvalue weighted by Gasteiger charge is -2.10. The third-order valence-corrected chi connectivity index (χ3v) is 3.43. The summed E-state index contributed by atoms with van der Waals surface area (Å²) in [4.78, 5) is 28.1. The number of hydrogen-bond donors (Lipinski definition) is 1. The molecule has 0 bridgehead atoms. The lowest BCUT2D eigenvalue weighted by atomic mass is 10.2. The van der Waals surface area contributed by atoms with Gasteiger partial charge < -0.3 is 10.2 Å². The van der Waals surface area contributed by atoms with Crippen molar-refractivity contribution < 1.29 is 9.59 Å². The van der Waals surface area contributed by atoms with Crippen LogP contribution in [0.4, 0.5) is 4.79 Å². The van der Waals surface area contributed by atoms with Crippen LogP contribution in [-0.2, 0) is 11.2 Å². The Morgan fingerprint density at radius 3 is 2.85 bits per heavy atom. The van der Waals surface area contributed by atoms with Crippen molar-refractivity contribution >= 4 is 24.2 Å². The molecule has 0 unspecified atom stereocenters. The zero-order valence-electron chi connectivity index (χ0n) is 12.1. The first kappa shape index (κ1) is 16.5. The molecule has 0 saturated carbocycles. The van der Waals surface area contributed by atoms with Gasteiger partial charge in [-0.1, -0.05) is 25.1 Å². The number of amides is 2. The number of carbonyl (C=O) groups excluding carboxylic acids is 2. The van der Waals surface area contributed by atoms with E-state index in [1.165, 1.54) is 21.3 Å². The minimum absolute atomic E-state index is 0.217.